The predicted molar refractivity (Wildman–Crippen MR) is 76.7 cm³/mol. The number of hydrogen-bond donors (Lipinski definition) is 1. The Morgan fingerprint density at radius 1 is 1.44 bits per heavy atom. The average Bonchev–Trinajstić information content (AvgIpc) is 2.33. The SMILES string of the molecule is CCCNC(Cc1ncccc1C)CC1CCC1. The van der Waals surface area contributed by atoms with Crippen molar-refractivity contribution in [3.8, 4) is 0 Å². The zero-order valence-corrected chi connectivity index (χ0v) is 11.8. The highest BCUT2D eigenvalue weighted by Crippen LogP contribution is 2.31. The molecule has 1 heterocycles. The Labute approximate surface area is 111 Å². The van der Waals surface area contributed by atoms with E-state index in [0.717, 1.165) is 18.9 Å². The molecule has 0 saturated heterocycles. The summed E-state index contributed by atoms with van der Waals surface area (Å²) in [5.74, 6) is 0.961. The van der Waals surface area contributed by atoms with Crippen LogP contribution in [0.1, 0.15) is 50.3 Å². The molecule has 1 saturated carbocycles. The first-order chi connectivity index (χ1) is 8.79. The molecule has 1 unspecified atom stereocenters. The molecule has 2 rings (SSSR count). The fraction of sp³-hybridized carbons (Fsp3) is 0.688. The molecule has 1 atom stereocenters. The number of rotatable bonds is 7. The van der Waals surface area contributed by atoms with E-state index in [-0.39, 0.29) is 0 Å². The summed E-state index contributed by atoms with van der Waals surface area (Å²) in [5.41, 5.74) is 2.60. The highest BCUT2D eigenvalue weighted by Gasteiger charge is 2.22. The smallest absolute Gasteiger partial charge is 0.0448 e. The van der Waals surface area contributed by atoms with Crippen molar-refractivity contribution in [2.45, 2.75) is 58.4 Å². The number of nitrogens with zero attached hydrogens (tertiary/aromatic N) is 1. The highest BCUT2D eigenvalue weighted by molar-refractivity contribution is 5.18. The monoisotopic (exact) mass is 246 g/mol. The van der Waals surface area contributed by atoms with E-state index < -0.39 is 0 Å². The van der Waals surface area contributed by atoms with Gasteiger partial charge in [0.2, 0.25) is 0 Å². The fourth-order valence-electron chi connectivity index (χ4n) is 2.68. The summed E-state index contributed by atoms with van der Waals surface area (Å²) in [6.07, 6.45) is 9.86. The summed E-state index contributed by atoms with van der Waals surface area (Å²) >= 11 is 0. The summed E-state index contributed by atoms with van der Waals surface area (Å²) < 4.78 is 0. The van der Waals surface area contributed by atoms with Gasteiger partial charge in [-0.1, -0.05) is 32.3 Å². The Bertz CT molecular complexity index is 358. The molecular formula is C16H26N2. The molecule has 0 bridgehead atoms. The van der Waals surface area contributed by atoms with Gasteiger partial charge >= 0.3 is 0 Å². The van der Waals surface area contributed by atoms with Crippen LogP contribution in [0.4, 0.5) is 0 Å². The maximum atomic E-state index is 4.54. The topological polar surface area (TPSA) is 24.9 Å². The Hall–Kier alpha value is -0.890. The minimum atomic E-state index is 0.615. The van der Waals surface area contributed by atoms with Gasteiger partial charge in [0, 0.05) is 24.4 Å². The summed E-state index contributed by atoms with van der Waals surface area (Å²) in [4.78, 5) is 4.54. The van der Waals surface area contributed by atoms with Gasteiger partial charge in [-0.2, -0.15) is 0 Å². The third-order valence-corrected chi connectivity index (χ3v) is 4.08. The normalized spacial score (nSPS) is 17.4. The van der Waals surface area contributed by atoms with Gasteiger partial charge < -0.3 is 5.32 Å². The summed E-state index contributed by atoms with van der Waals surface area (Å²) in [6, 6.07) is 4.81. The lowest BCUT2D eigenvalue weighted by Crippen LogP contribution is -2.35. The van der Waals surface area contributed by atoms with Crippen molar-refractivity contribution in [2.75, 3.05) is 6.54 Å². The number of nitrogens with one attached hydrogen (secondary N) is 1. The Morgan fingerprint density at radius 3 is 2.89 bits per heavy atom. The second kappa shape index (κ2) is 6.89. The van der Waals surface area contributed by atoms with E-state index in [9.17, 15) is 0 Å². The van der Waals surface area contributed by atoms with E-state index in [2.05, 4.69) is 30.2 Å². The summed E-state index contributed by atoms with van der Waals surface area (Å²) in [5, 5.41) is 3.70. The van der Waals surface area contributed by atoms with Crippen molar-refractivity contribution < 1.29 is 0 Å². The van der Waals surface area contributed by atoms with Crippen molar-refractivity contribution in [3.63, 3.8) is 0 Å². The molecular weight excluding hydrogens is 220 g/mol. The van der Waals surface area contributed by atoms with Crippen LogP contribution in [-0.2, 0) is 6.42 Å². The molecule has 18 heavy (non-hydrogen) atoms. The lowest BCUT2D eigenvalue weighted by molar-refractivity contribution is 0.258. The largest absolute Gasteiger partial charge is 0.314 e. The first-order valence-corrected chi connectivity index (χ1v) is 7.43. The van der Waals surface area contributed by atoms with Gasteiger partial charge in [0.05, 0.1) is 0 Å². The van der Waals surface area contributed by atoms with E-state index in [1.165, 1.54) is 43.4 Å². The van der Waals surface area contributed by atoms with Gasteiger partial charge in [-0.3, -0.25) is 4.98 Å². The van der Waals surface area contributed by atoms with Crippen LogP contribution >= 0.6 is 0 Å². The minimum absolute atomic E-state index is 0.615. The number of aryl methyl sites for hydroxylation is 1. The van der Waals surface area contributed by atoms with Crippen LogP contribution in [0, 0.1) is 12.8 Å². The molecule has 1 aromatic heterocycles. The van der Waals surface area contributed by atoms with Crippen molar-refractivity contribution in [3.05, 3.63) is 29.6 Å². The van der Waals surface area contributed by atoms with Crippen molar-refractivity contribution in [1.29, 1.82) is 0 Å². The van der Waals surface area contributed by atoms with E-state index in [1.54, 1.807) is 0 Å². The van der Waals surface area contributed by atoms with E-state index >= 15 is 0 Å². The second-order valence-electron chi connectivity index (χ2n) is 5.65. The van der Waals surface area contributed by atoms with Gasteiger partial charge in [0.1, 0.15) is 0 Å². The van der Waals surface area contributed by atoms with Crippen LogP contribution in [0.25, 0.3) is 0 Å². The molecule has 0 amide bonds. The summed E-state index contributed by atoms with van der Waals surface area (Å²) in [7, 11) is 0. The highest BCUT2D eigenvalue weighted by atomic mass is 14.9. The quantitative estimate of drug-likeness (QED) is 0.796. The summed E-state index contributed by atoms with van der Waals surface area (Å²) in [6.45, 7) is 5.53. The maximum Gasteiger partial charge on any atom is 0.0448 e. The number of aromatic nitrogens is 1. The molecule has 2 heteroatoms. The van der Waals surface area contributed by atoms with Crippen LogP contribution < -0.4 is 5.32 Å². The zero-order chi connectivity index (χ0) is 12.8. The molecule has 1 aliphatic carbocycles. The van der Waals surface area contributed by atoms with Crippen LogP contribution in [0.15, 0.2) is 18.3 Å². The van der Waals surface area contributed by atoms with Crippen molar-refractivity contribution in [2.24, 2.45) is 5.92 Å². The Kier molecular flexibility index (Phi) is 5.18. The molecule has 2 nitrogen and oxygen atoms in total. The number of hydrogen-bond acceptors (Lipinski definition) is 2. The first kappa shape index (κ1) is 13.5. The predicted octanol–water partition coefficient (Wildman–Crippen LogP) is 3.49. The van der Waals surface area contributed by atoms with Crippen molar-refractivity contribution in [1.82, 2.24) is 10.3 Å². The third-order valence-electron chi connectivity index (χ3n) is 4.08. The molecule has 100 valence electrons. The maximum absolute atomic E-state index is 4.54. The molecule has 1 N–H and O–H groups in total. The van der Waals surface area contributed by atoms with Gasteiger partial charge in [-0.25, -0.2) is 0 Å². The Balaban J connectivity index is 1.92. The number of pyridine rings is 1. The third kappa shape index (κ3) is 3.81. The molecule has 0 aromatic carbocycles. The van der Waals surface area contributed by atoms with Crippen LogP contribution in [0.3, 0.4) is 0 Å². The molecule has 0 radical (unpaired) electrons. The second-order valence-corrected chi connectivity index (χ2v) is 5.65. The standard InChI is InChI=1S/C16H26N2/c1-3-9-17-15(11-14-7-4-8-14)12-16-13(2)6-5-10-18-16/h5-6,10,14-15,17H,3-4,7-9,11-12H2,1-2H3. The average molecular weight is 246 g/mol. The first-order valence-electron chi connectivity index (χ1n) is 7.43. The molecule has 0 spiro atoms. The molecule has 1 aromatic rings. The van der Waals surface area contributed by atoms with Gasteiger partial charge in [-0.05, 0) is 43.9 Å². The minimum Gasteiger partial charge on any atom is -0.314 e. The lowest BCUT2D eigenvalue weighted by Gasteiger charge is -2.30. The van der Waals surface area contributed by atoms with Gasteiger partial charge in [0.25, 0.3) is 0 Å². The Morgan fingerprint density at radius 2 is 2.28 bits per heavy atom. The van der Waals surface area contributed by atoms with Crippen LogP contribution in [-0.4, -0.2) is 17.6 Å². The molecule has 1 fully saturated rings. The van der Waals surface area contributed by atoms with E-state index in [0.29, 0.717) is 6.04 Å². The van der Waals surface area contributed by atoms with Gasteiger partial charge in [0.15, 0.2) is 0 Å². The molecule has 1 aliphatic rings. The van der Waals surface area contributed by atoms with Crippen LogP contribution in [0.5, 0.6) is 0 Å². The fourth-order valence-corrected chi connectivity index (χ4v) is 2.68. The zero-order valence-electron chi connectivity index (χ0n) is 11.8. The lowest BCUT2D eigenvalue weighted by atomic mass is 9.80. The van der Waals surface area contributed by atoms with Crippen molar-refractivity contribution >= 4 is 0 Å². The molecule has 0 aliphatic heterocycles. The van der Waals surface area contributed by atoms with E-state index in [1.807, 2.05) is 12.3 Å². The van der Waals surface area contributed by atoms with Crippen LogP contribution in [0.2, 0.25) is 0 Å². The van der Waals surface area contributed by atoms with Gasteiger partial charge in [-0.15, -0.1) is 0 Å². The van der Waals surface area contributed by atoms with E-state index in [4.69, 9.17) is 0 Å².